The molecule has 0 aliphatic carbocycles. The molecule has 0 fully saturated rings. The Kier molecular flexibility index (Phi) is 3.34. The zero-order chi connectivity index (χ0) is 12.4. The van der Waals surface area contributed by atoms with Crippen molar-refractivity contribution in [3.63, 3.8) is 0 Å². The largest absolute Gasteiger partial charge is 0.386 e. The molecular formula is C15H19NO. The highest BCUT2D eigenvalue weighted by Gasteiger charge is 2.19. The van der Waals surface area contributed by atoms with Crippen LogP contribution in [0.4, 0.5) is 0 Å². The van der Waals surface area contributed by atoms with Crippen LogP contribution >= 0.6 is 0 Å². The van der Waals surface area contributed by atoms with Crippen molar-refractivity contribution >= 4 is 0 Å². The summed E-state index contributed by atoms with van der Waals surface area (Å²) in [5.74, 6) is 0. The van der Waals surface area contributed by atoms with E-state index in [0.29, 0.717) is 0 Å². The summed E-state index contributed by atoms with van der Waals surface area (Å²) < 4.78 is 2.18. The number of aryl methyl sites for hydroxylation is 2. The van der Waals surface area contributed by atoms with Crippen molar-refractivity contribution in [1.82, 2.24) is 4.57 Å². The zero-order valence-electron chi connectivity index (χ0n) is 10.6. The van der Waals surface area contributed by atoms with Gasteiger partial charge in [-0.15, -0.1) is 0 Å². The summed E-state index contributed by atoms with van der Waals surface area (Å²) in [7, 11) is 0. The summed E-state index contributed by atoms with van der Waals surface area (Å²) in [6, 6.07) is 14.0. The maximum absolute atomic E-state index is 10.4. The summed E-state index contributed by atoms with van der Waals surface area (Å²) in [4.78, 5) is 0. The molecule has 2 rings (SSSR count). The van der Waals surface area contributed by atoms with Gasteiger partial charge in [0.15, 0.2) is 0 Å². The van der Waals surface area contributed by atoms with Crippen molar-refractivity contribution in [1.29, 1.82) is 0 Å². The highest BCUT2D eigenvalue weighted by atomic mass is 16.3. The van der Waals surface area contributed by atoms with Gasteiger partial charge in [0.2, 0.25) is 0 Å². The van der Waals surface area contributed by atoms with Gasteiger partial charge in [-0.2, -0.15) is 0 Å². The lowest BCUT2D eigenvalue weighted by atomic mass is 10.0. The molecule has 1 N–H and O–H groups in total. The van der Waals surface area contributed by atoms with E-state index in [0.717, 1.165) is 5.56 Å². The number of benzene rings is 1. The summed E-state index contributed by atoms with van der Waals surface area (Å²) >= 11 is 0. The van der Waals surface area contributed by atoms with E-state index in [1.54, 1.807) is 0 Å². The van der Waals surface area contributed by atoms with E-state index < -0.39 is 6.10 Å². The number of hydrogen-bond donors (Lipinski definition) is 1. The third kappa shape index (κ3) is 2.27. The maximum atomic E-state index is 10.4. The Labute approximate surface area is 103 Å². The van der Waals surface area contributed by atoms with Gasteiger partial charge in [-0.1, -0.05) is 30.3 Å². The molecule has 0 aliphatic heterocycles. The average molecular weight is 229 g/mol. The van der Waals surface area contributed by atoms with Gasteiger partial charge in [-0.05, 0) is 38.5 Å². The third-order valence-electron chi connectivity index (χ3n) is 3.33. The second-order valence-corrected chi connectivity index (χ2v) is 4.58. The molecule has 0 radical (unpaired) electrons. The highest BCUT2D eigenvalue weighted by molar-refractivity contribution is 5.21. The van der Waals surface area contributed by atoms with Gasteiger partial charge < -0.3 is 9.67 Å². The van der Waals surface area contributed by atoms with Crippen LogP contribution < -0.4 is 0 Å². The topological polar surface area (TPSA) is 25.2 Å². The molecule has 2 atom stereocenters. The molecule has 2 heteroatoms. The van der Waals surface area contributed by atoms with Gasteiger partial charge >= 0.3 is 0 Å². The van der Waals surface area contributed by atoms with E-state index in [2.05, 4.69) is 37.5 Å². The third-order valence-corrected chi connectivity index (χ3v) is 3.33. The Balaban J connectivity index is 2.30. The fraction of sp³-hybridized carbons (Fsp3) is 0.333. The van der Waals surface area contributed by atoms with Gasteiger partial charge in [0.1, 0.15) is 0 Å². The smallest absolute Gasteiger partial charge is 0.0994 e. The van der Waals surface area contributed by atoms with Gasteiger partial charge in [0.25, 0.3) is 0 Å². The fourth-order valence-electron chi connectivity index (χ4n) is 2.39. The molecule has 90 valence electrons. The first-order valence-corrected chi connectivity index (χ1v) is 5.98. The number of aliphatic hydroxyl groups is 1. The van der Waals surface area contributed by atoms with Crippen LogP contribution in [0.5, 0.6) is 0 Å². The first-order valence-electron chi connectivity index (χ1n) is 5.98. The minimum Gasteiger partial charge on any atom is -0.386 e. The van der Waals surface area contributed by atoms with Crippen molar-refractivity contribution in [2.75, 3.05) is 0 Å². The Bertz CT molecular complexity index is 467. The number of aliphatic hydroxyl groups excluding tert-OH is 1. The second kappa shape index (κ2) is 4.76. The number of hydrogen-bond acceptors (Lipinski definition) is 1. The maximum Gasteiger partial charge on any atom is 0.0994 e. The fourth-order valence-corrected chi connectivity index (χ4v) is 2.39. The quantitative estimate of drug-likeness (QED) is 0.857. The molecule has 0 saturated heterocycles. The lowest BCUT2D eigenvalue weighted by Crippen LogP contribution is -2.16. The summed E-state index contributed by atoms with van der Waals surface area (Å²) in [6.45, 7) is 6.19. The van der Waals surface area contributed by atoms with Gasteiger partial charge in [0, 0.05) is 11.4 Å². The minimum absolute atomic E-state index is 0.0485. The molecule has 1 heterocycles. The molecule has 0 unspecified atom stereocenters. The molecule has 17 heavy (non-hydrogen) atoms. The molecule has 0 aliphatic rings. The lowest BCUT2D eigenvalue weighted by Gasteiger charge is -2.24. The second-order valence-electron chi connectivity index (χ2n) is 4.58. The van der Waals surface area contributed by atoms with Crippen LogP contribution in [0, 0.1) is 13.8 Å². The number of rotatable bonds is 3. The molecule has 0 spiro atoms. The summed E-state index contributed by atoms with van der Waals surface area (Å²) in [5, 5.41) is 10.4. The highest BCUT2D eigenvalue weighted by Crippen LogP contribution is 2.28. The normalized spacial score (nSPS) is 14.6. The van der Waals surface area contributed by atoms with E-state index in [9.17, 15) is 5.11 Å². The Morgan fingerprint density at radius 1 is 0.941 bits per heavy atom. The predicted octanol–water partition coefficient (Wildman–Crippen LogP) is 3.40. The van der Waals surface area contributed by atoms with Crippen LogP contribution in [-0.4, -0.2) is 9.67 Å². The molecule has 1 aromatic heterocycles. The van der Waals surface area contributed by atoms with Crippen LogP contribution in [0.3, 0.4) is 0 Å². The minimum atomic E-state index is -0.471. The Morgan fingerprint density at radius 3 is 2.00 bits per heavy atom. The molecular weight excluding hydrogens is 210 g/mol. The molecule has 0 amide bonds. The van der Waals surface area contributed by atoms with Crippen molar-refractivity contribution in [2.24, 2.45) is 0 Å². The van der Waals surface area contributed by atoms with Crippen molar-refractivity contribution in [3.05, 3.63) is 59.4 Å². The Hall–Kier alpha value is -1.54. The van der Waals surface area contributed by atoms with E-state index in [1.165, 1.54) is 11.4 Å². The zero-order valence-corrected chi connectivity index (χ0v) is 10.6. The monoisotopic (exact) mass is 229 g/mol. The average Bonchev–Trinajstić information content (AvgIpc) is 2.68. The Morgan fingerprint density at radius 2 is 1.47 bits per heavy atom. The molecule has 0 bridgehead atoms. The van der Waals surface area contributed by atoms with Gasteiger partial charge in [0.05, 0.1) is 12.1 Å². The first-order chi connectivity index (χ1) is 8.11. The molecule has 0 saturated carbocycles. The predicted molar refractivity (Wildman–Crippen MR) is 70.0 cm³/mol. The van der Waals surface area contributed by atoms with Crippen LogP contribution in [0.15, 0.2) is 42.5 Å². The van der Waals surface area contributed by atoms with Crippen molar-refractivity contribution in [3.8, 4) is 0 Å². The number of nitrogens with zero attached hydrogens (tertiary/aromatic N) is 1. The molecule has 2 aromatic rings. The van der Waals surface area contributed by atoms with E-state index in [4.69, 9.17) is 0 Å². The van der Waals surface area contributed by atoms with Gasteiger partial charge in [-0.3, -0.25) is 0 Å². The summed E-state index contributed by atoms with van der Waals surface area (Å²) in [5.41, 5.74) is 3.34. The molecule has 1 aromatic carbocycles. The van der Waals surface area contributed by atoms with E-state index in [-0.39, 0.29) is 6.04 Å². The molecule has 2 nitrogen and oxygen atoms in total. The summed E-state index contributed by atoms with van der Waals surface area (Å²) in [6.07, 6.45) is -0.471. The van der Waals surface area contributed by atoms with Crippen molar-refractivity contribution in [2.45, 2.75) is 32.9 Å². The van der Waals surface area contributed by atoms with E-state index >= 15 is 0 Å². The standard InChI is InChI=1S/C15H19NO/c1-11-9-10-12(2)16(11)13(3)15(17)14-7-5-4-6-8-14/h4-10,13,15,17H,1-3H3/t13-,15-/m1/s1. The van der Waals surface area contributed by atoms with Crippen molar-refractivity contribution < 1.29 is 5.11 Å². The van der Waals surface area contributed by atoms with Gasteiger partial charge in [-0.25, -0.2) is 0 Å². The lowest BCUT2D eigenvalue weighted by molar-refractivity contribution is 0.120. The van der Waals surface area contributed by atoms with Crippen LogP contribution in [0.25, 0.3) is 0 Å². The first kappa shape index (κ1) is 11.9. The number of aromatic nitrogens is 1. The SMILES string of the molecule is Cc1ccc(C)n1[C@H](C)[C@@H](O)c1ccccc1. The van der Waals surface area contributed by atoms with Crippen LogP contribution in [0.1, 0.15) is 36.0 Å². The van der Waals surface area contributed by atoms with Crippen LogP contribution in [0.2, 0.25) is 0 Å². The van der Waals surface area contributed by atoms with E-state index in [1.807, 2.05) is 30.3 Å². The van der Waals surface area contributed by atoms with Crippen LogP contribution in [-0.2, 0) is 0 Å².